The Hall–Kier alpha value is -2.16. The molecule has 1 aromatic heterocycles. The van der Waals surface area contributed by atoms with Gasteiger partial charge in [-0.05, 0) is 36.2 Å². The van der Waals surface area contributed by atoms with E-state index in [1.807, 2.05) is 18.2 Å². The third-order valence-corrected chi connectivity index (χ3v) is 2.95. The Morgan fingerprint density at radius 3 is 2.78 bits per heavy atom. The SMILES string of the molecule is CCc1cccc2nc(-c3cccc(F)c3)oc12. The van der Waals surface area contributed by atoms with Crippen molar-refractivity contribution in [2.24, 2.45) is 0 Å². The van der Waals surface area contributed by atoms with Crippen LogP contribution in [-0.4, -0.2) is 4.98 Å². The molecule has 0 N–H and O–H groups in total. The Morgan fingerprint density at radius 2 is 2.00 bits per heavy atom. The Kier molecular flexibility index (Phi) is 2.59. The van der Waals surface area contributed by atoms with E-state index in [9.17, 15) is 4.39 Å². The zero-order valence-corrected chi connectivity index (χ0v) is 9.98. The van der Waals surface area contributed by atoms with Crippen LogP contribution in [0, 0.1) is 5.82 Å². The Balaban J connectivity index is 2.19. The first-order chi connectivity index (χ1) is 8.78. The molecule has 1 heterocycles. The van der Waals surface area contributed by atoms with Gasteiger partial charge in [-0.3, -0.25) is 0 Å². The standard InChI is InChI=1S/C15H12FNO/c1-2-10-5-4-8-13-14(10)18-15(17-13)11-6-3-7-12(16)9-11/h3-9H,2H2,1H3. The van der Waals surface area contributed by atoms with Crippen LogP contribution in [0.3, 0.4) is 0 Å². The van der Waals surface area contributed by atoms with Crippen LogP contribution in [0.25, 0.3) is 22.6 Å². The van der Waals surface area contributed by atoms with Gasteiger partial charge in [0.15, 0.2) is 5.58 Å². The zero-order valence-electron chi connectivity index (χ0n) is 9.98. The van der Waals surface area contributed by atoms with E-state index >= 15 is 0 Å². The third kappa shape index (κ3) is 1.78. The molecule has 0 aliphatic carbocycles. The van der Waals surface area contributed by atoms with Crippen molar-refractivity contribution in [1.29, 1.82) is 0 Å². The number of fused-ring (bicyclic) bond motifs is 1. The highest BCUT2D eigenvalue weighted by Crippen LogP contribution is 2.27. The fourth-order valence-electron chi connectivity index (χ4n) is 2.03. The van der Waals surface area contributed by atoms with E-state index in [1.54, 1.807) is 12.1 Å². The maximum Gasteiger partial charge on any atom is 0.227 e. The van der Waals surface area contributed by atoms with Crippen LogP contribution < -0.4 is 0 Å². The summed E-state index contributed by atoms with van der Waals surface area (Å²) in [5.74, 6) is 0.177. The number of benzene rings is 2. The topological polar surface area (TPSA) is 26.0 Å². The lowest BCUT2D eigenvalue weighted by Gasteiger charge is -1.96. The fraction of sp³-hybridized carbons (Fsp3) is 0.133. The predicted octanol–water partition coefficient (Wildman–Crippen LogP) is 4.20. The molecule has 0 aliphatic rings. The molecule has 18 heavy (non-hydrogen) atoms. The van der Waals surface area contributed by atoms with Crippen LogP contribution in [0.2, 0.25) is 0 Å². The van der Waals surface area contributed by atoms with Gasteiger partial charge >= 0.3 is 0 Å². The molecule has 0 unspecified atom stereocenters. The first-order valence-corrected chi connectivity index (χ1v) is 5.92. The molecule has 3 aromatic rings. The average Bonchev–Trinajstić information content (AvgIpc) is 2.82. The lowest BCUT2D eigenvalue weighted by atomic mass is 10.1. The average molecular weight is 241 g/mol. The van der Waals surface area contributed by atoms with Gasteiger partial charge in [0.05, 0.1) is 0 Å². The van der Waals surface area contributed by atoms with Crippen molar-refractivity contribution in [2.75, 3.05) is 0 Å². The second kappa shape index (κ2) is 4.26. The van der Waals surface area contributed by atoms with Crippen LogP contribution in [0.15, 0.2) is 46.9 Å². The van der Waals surface area contributed by atoms with Gasteiger partial charge in [0, 0.05) is 5.56 Å². The molecule has 2 nitrogen and oxygen atoms in total. The summed E-state index contributed by atoms with van der Waals surface area (Å²) in [5, 5.41) is 0. The van der Waals surface area contributed by atoms with Gasteiger partial charge in [0.1, 0.15) is 11.3 Å². The summed E-state index contributed by atoms with van der Waals surface area (Å²) in [6, 6.07) is 12.2. The number of hydrogen-bond donors (Lipinski definition) is 0. The number of aromatic nitrogens is 1. The van der Waals surface area contributed by atoms with Gasteiger partial charge in [-0.25, -0.2) is 9.37 Å². The highest BCUT2D eigenvalue weighted by molar-refractivity contribution is 5.79. The molecule has 0 saturated heterocycles. The summed E-state index contributed by atoms with van der Waals surface area (Å²) in [5.41, 5.74) is 3.38. The predicted molar refractivity (Wildman–Crippen MR) is 68.8 cm³/mol. The van der Waals surface area contributed by atoms with E-state index < -0.39 is 0 Å². The molecule has 0 saturated carbocycles. The van der Waals surface area contributed by atoms with Crippen molar-refractivity contribution in [3.05, 3.63) is 53.8 Å². The number of aryl methyl sites for hydroxylation is 1. The first kappa shape index (κ1) is 11.0. The Labute approximate surface area is 104 Å². The molecule has 3 heteroatoms. The van der Waals surface area contributed by atoms with Crippen molar-refractivity contribution >= 4 is 11.1 Å². The summed E-state index contributed by atoms with van der Waals surface area (Å²) < 4.78 is 18.9. The van der Waals surface area contributed by atoms with E-state index in [0.717, 1.165) is 23.1 Å². The maximum atomic E-state index is 13.2. The summed E-state index contributed by atoms with van der Waals surface area (Å²) in [6.07, 6.45) is 0.884. The van der Waals surface area contributed by atoms with E-state index in [-0.39, 0.29) is 5.82 Å². The monoisotopic (exact) mass is 241 g/mol. The molecule has 3 rings (SSSR count). The second-order valence-corrected chi connectivity index (χ2v) is 4.15. The van der Waals surface area contributed by atoms with Crippen LogP contribution in [0.5, 0.6) is 0 Å². The summed E-state index contributed by atoms with van der Waals surface area (Å²) in [7, 11) is 0. The molecule has 2 aromatic carbocycles. The number of halogens is 1. The molecule has 0 amide bonds. The van der Waals surface area contributed by atoms with E-state index in [1.165, 1.54) is 12.1 Å². The van der Waals surface area contributed by atoms with Crippen molar-refractivity contribution in [3.8, 4) is 11.5 Å². The van der Waals surface area contributed by atoms with Gasteiger partial charge < -0.3 is 4.42 Å². The minimum atomic E-state index is -0.287. The highest BCUT2D eigenvalue weighted by atomic mass is 19.1. The maximum absolute atomic E-state index is 13.2. The summed E-state index contributed by atoms with van der Waals surface area (Å²) in [6.45, 7) is 2.07. The van der Waals surface area contributed by atoms with Crippen LogP contribution in [0.4, 0.5) is 4.39 Å². The van der Waals surface area contributed by atoms with Gasteiger partial charge in [-0.2, -0.15) is 0 Å². The number of rotatable bonds is 2. The fourth-order valence-corrected chi connectivity index (χ4v) is 2.03. The van der Waals surface area contributed by atoms with Crippen molar-refractivity contribution in [1.82, 2.24) is 4.98 Å². The quantitative estimate of drug-likeness (QED) is 0.672. The number of nitrogens with zero attached hydrogens (tertiary/aromatic N) is 1. The molecule has 0 aliphatic heterocycles. The largest absolute Gasteiger partial charge is 0.436 e. The van der Waals surface area contributed by atoms with Crippen molar-refractivity contribution in [2.45, 2.75) is 13.3 Å². The molecule has 0 fully saturated rings. The van der Waals surface area contributed by atoms with Crippen molar-refractivity contribution in [3.63, 3.8) is 0 Å². The third-order valence-electron chi connectivity index (χ3n) is 2.95. The smallest absolute Gasteiger partial charge is 0.227 e. The van der Waals surface area contributed by atoms with Crippen LogP contribution in [-0.2, 0) is 6.42 Å². The molecular formula is C15H12FNO. The van der Waals surface area contributed by atoms with E-state index in [0.29, 0.717) is 11.5 Å². The van der Waals surface area contributed by atoms with Crippen molar-refractivity contribution < 1.29 is 8.81 Å². The minimum absolute atomic E-state index is 0.287. The molecule has 0 radical (unpaired) electrons. The number of oxazole rings is 1. The van der Waals surface area contributed by atoms with Gasteiger partial charge in [0.25, 0.3) is 0 Å². The normalized spacial score (nSPS) is 11.0. The molecule has 90 valence electrons. The minimum Gasteiger partial charge on any atom is -0.436 e. The summed E-state index contributed by atoms with van der Waals surface area (Å²) >= 11 is 0. The zero-order chi connectivity index (χ0) is 12.5. The Bertz CT molecular complexity index is 703. The van der Waals surface area contributed by atoms with Gasteiger partial charge in [-0.1, -0.05) is 25.1 Å². The lowest BCUT2D eigenvalue weighted by Crippen LogP contribution is -1.79. The van der Waals surface area contributed by atoms with Crippen LogP contribution in [0.1, 0.15) is 12.5 Å². The first-order valence-electron chi connectivity index (χ1n) is 5.92. The molecule has 0 atom stereocenters. The Morgan fingerprint density at radius 1 is 1.17 bits per heavy atom. The number of hydrogen-bond acceptors (Lipinski definition) is 2. The van der Waals surface area contributed by atoms with Crippen LogP contribution >= 0.6 is 0 Å². The lowest BCUT2D eigenvalue weighted by molar-refractivity contribution is 0.608. The molecule has 0 bridgehead atoms. The highest BCUT2D eigenvalue weighted by Gasteiger charge is 2.10. The van der Waals surface area contributed by atoms with Gasteiger partial charge in [0.2, 0.25) is 5.89 Å². The van der Waals surface area contributed by atoms with E-state index in [4.69, 9.17) is 4.42 Å². The van der Waals surface area contributed by atoms with E-state index in [2.05, 4.69) is 11.9 Å². The molecular weight excluding hydrogens is 229 g/mol. The number of para-hydroxylation sites is 1. The summed E-state index contributed by atoms with van der Waals surface area (Å²) in [4.78, 5) is 4.40. The molecule has 0 spiro atoms. The van der Waals surface area contributed by atoms with Gasteiger partial charge in [-0.15, -0.1) is 0 Å². The second-order valence-electron chi connectivity index (χ2n) is 4.15.